The lowest BCUT2D eigenvalue weighted by Crippen LogP contribution is -2.63. The van der Waals surface area contributed by atoms with Gasteiger partial charge in [-0.1, -0.05) is 13.0 Å². The molecule has 7 nitrogen and oxygen atoms in total. The molecule has 0 N–H and O–H groups in total. The third-order valence-electron chi connectivity index (χ3n) is 4.46. The van der Waals surface area contributed by atoms with E-state index in [2.05, 4.69) is 6.58 Å². The fourth-order valence-corrected chi connectivity index (χ4v) is 2.99. The summed E-state index contributed by atoms with van der Waals surface area (Å²) < 4.78 is 22.1. The summed E-state index contributed by atoms with van der Waals surface area (Å²) in [5, 5.41) is 0. The van der Waals surface area contributed by atoms with Crippen molar-refractivity contribution in [3.63, 3.8) is 0 Å². The second-order valence-corrected chi connectivity index (χ2v) is 6.65. The van der Waals surface area contributed by atoms with Crippen LogP contribution in [0.5, 0.6) is 0 Å². The molecule has 0 amide bonds. The van der Waals surface area contributed by atoms with E-state index >= 15 is 0 Å². The quantitative estimate of drug-likeness (QED) is 0.281. The van der Waals surface area contributed by atoms with Crippen LogP contribution in [0.3, 0.4) is 0 Å². The molecule has 0 saturated carbocycles. The maximum atomic E-state index is 12.0. The summed E-state index contributed by atoms with van der Waals surface area (Å²) >= 11 is 0. The Hall–Kier alpha value is -1.99. The van der Waals surface area contributed by atoms with Gasteiger partial charge < -0.3 is 23.7 Å². The van der Waals surface area contributed by atoms with Gasteiger partial charge >= 0.3 is 11.9 Å². The molecule has 0 spiro atoms. The summed E-state index contributed by atoms with van der Waals surface area (Å²) in [5.74, 6) is -2.68. The minimum atomic E-state index is -1.59. The molecule has 1 rings (SSSR count). The van der Waals surface area contributed by atoms with Gasteiger partial charge in [-0.25, -0.2) is 4.79 Å². The third kappa shape index (κ3) is 4.40. The summed E-state index contributed by atoms with van der Waals surface area (Å²) in [4.78, 5) is 35.7. The summed E-state index contributed by atoms with van der Waals surface area (Å²) in [6, 6.07) is 0. The molecule has 0 radical (unpaired) electrons. The van der Waals surface area contributed by atoms with Gasteiger partial charge in [0.15, 0.2) is 6.10 Å². The van der Waals surface area contributed by atoms with Crippen LogP contribution in [0, 0.1) is 5.41 Å². The van der Waals surface area contributed by atoms with Crippen LogP contribution in [0.2, 0.25) is 0 Å². The van der Waals surface area contributed by atoms with Crippen molar-refractivity contribution in [2.75, 3.05) is 14.2 Å². The molecule has 0 aliphatic carbocycles. The molecule has 1 fully saturated rings. The normalized spacial score (nSPS) is 27.7. The minimum Gasteiger partial charge on any atom is -0.466 e. The van der Waals surface area contributed by atoms with Crippen LogP contribution in [0.25, 0.3) is 0 Å². The Kier molecular flexibility index (Phi) is 7.71. The van der Waals surface area contributed by atoms with E-state index in [1.807, 2.05) is 0 Å². The zero-order valence-corrected chi connectivity index (χ0v) is 16.1. The lowest BCUT2D eigenvalue weighted by atomic mass is 9.75. The first-order chi connectivity index (χ1) is 12.2. The van der Waals surface area contributed by atoms with Gasteiger partial charge in [-0.2, -0.15) is 0 Å². The van der Waals surface area contributed by atoms with E-state index in [0.717, 1.165) is 0 Å². The van der Waals surface area contributed by atoms with E-state index in [0.29, 0.717) is 24.7 Å². The standard InChI is InChI=1S/C19H28O7/c1-7-9-14-10-13(11-16(22)23-5)17(25-15(21)8-2)19(24-6,26-14)18(3,4)12-20/h7,11-12,14,17H,1,8-10H2,2-6H3/t14-,17+,19-/m1/s1. The van der Waals surface area contributed by atoms with E-state index in [1.165, 1.54) is 20.3 Å². The minimum absolute atomic E-state index is 0.124. The molecule has 146 valence electrons. The van der Waals surface area contributed by atoms with Crippen molar-refractivity contribution in [3.8, 4) is 0 Å². The SMILES string of the molecule is C=CC[C@@H]1CC(=CC(=O)OC)[C@H](OC(=O)CC)[C@](OC)(C(C)(C)C=O)O1. The second-order valence-electron chi connectivity index (χ2n) is 6.65. The number of methoxy groups -OCH3 is 2. The van der Waals surface area contributed by atoms with Crippen LogP contribution < -0.4 is 0 Å². The highest BCUT2D eigenvalue weighted by Crippen LogP contribution is 2.46. The van der Waals surface area contributed by atoms with Crippen molar-refractivity contribution in [2.45, 2.75) is 58.0 Å². The molecule has 1 aliphatic heterocycles. The molecule has 7 heteroatoms. The maximum absolute atomic E-state index is 12.0. The molecule has 0 unspecified atom stereocenters. The van der Waals surface area contributed by atoms with Gasteiger partial charge in [0, 0.05) is 19.6 Å². The van der Waals surface area contributed by atoms with Gasteiger partial charge in [-0.3, -0.25) is 4.79 Å². The van der Waals surface area contributed by atoms with Crippen LogP contribution in [-0.4, -0.2) is 50.4 Å². The average Bonchev–Trinajstić information content (AvgIpc) is 2.63. The van der Waals surface area contributed by atoms with Gasteiger partial charge in [-0.05, 0) is 32.3 Å². The number of hydrogen-bond donors (Lipinski definition) is 0. The van der Waals surface area contributed by atoms with Crippen LogP contribution in [0.1, 0.15) is 40.0 Å². The molecule has 26 heavy (non-hydrogen) atoms. The molecule has 0 aromatic carbocycles. The van der Waals surface area contributed by atoms with Gasteiger partial charge in [0.1, 0.15) is 6.29 Å². The van der Waals surface area contributed by atoms with Crippen molar-refractivity contribution in [3.05, 3.63) is 24.3 Å². The Bertz CT molecular complexity index is 578. The fourth-order valence-electron chi connectivity index (χ4n) is 2.99. The predicted molar refractivity (Wildman–Crippen MR) is 94.2 cm³/mol. The molecule has 0 bridgehead atoms. The van der Waals surface area contributed by atoms with Crippen molar-refractivity contribution in [2.24, 2.45) is 5.41 Å². The fraction of sp³-hybridized carbons (Fsp3) is 0.632. The van der Waals surface area contributed by atoms with Crippen molar-refractivity contribution in [1.82, 2.24) is 0 Å². The number of aldehydes is 1. The molecule has 1 aliphatic rings. The lowest BCUT2D eigenvalue weighted by molar-refractivity contribution is -0.334. The lowest BCUT2D eigenvalue weighted by Gasteiger charge is -2.51. The summed E-state index contributed by atoms with van der Waals surface area (Å²) in [6.07, 6.45) is 3.05. The Labute approximate surface area is 154 Å². The molecular formula is C19H28O7. The molecular weight excluding hydrogens is 340 g/mol. The van der Waals surface area contributed by atoms with Gasteiger partial charge in [0.25, 0.3) is 0 Å². The van der Waals surface area contributed by atoms with Crippen molar-refractivity contribution < 1.29 is 33.3 Å². The third-order valence-corrected chi connectivity index (χ3v) is 4.46. The van der Waals surface area contributed by atoms with Gasteiger partial charge in [-0.15, -0.1) is 6.58 Å². The smallest absolute Gasteiger partial charge is 0.330 e. The number of carbonyl (C=O) groups excluding carboxylic acids is 3. The number of carbonyl (C=O) groups is 3. The first kappa shape index (κ1) is 22.1. The van der Waals surface area contributed by atoms with E-state index in [1.54, 1.807) is 26.8 Å². The number of ether oxygens (including phenoxy) is 4. The molecule has 1 saturated heterocycles. The van der Waals surface area contributed by atoms with Crippen molar-refractivity contribution >= 4 is 18.2 Å². The Morgan fingerprint density at radius 2 is 2.04 bits per heavy atom. The monoisotopic (exact) mass is 368 g/mol. The molecule has 0 aromatic heterocycles. The van der Waals surface area contributed by atoms with E-state index in [9.17, 15) is 14.4 Å². The Balaban J connectivity index is 3.57. The van der Waals surface area contributed by atoms with Crippen LogP contribution in [-0.2, 0) is 33.3 Å². The Morgan fingerprint density at radius 1 is 1.38 bits per heavy atom. The largest absolute Gasteiger partial charge is 0.466 e. The summed E-state index contributed by atoms with van der Waals surface area (Å²) in [7, 11) is 2.63. The molecule has 0 aromatic rings. The first-order valence-corrected chi connectivity index (χ1v) is 8.49. The number of esters is 2. The van der Waals surface area contributed by atoms with Crippen LogP contribution in [0.15, 0.2) is 24.3 Å². The van der Waals surface area contributed by atoms with E-state index in [4.69, 9.17) is 18.9 Å². The zero-order valence-electron chi connectivity index (χ0n) is 16.1. The maximum Gasteiger partial charge on any atom is 0.330 e. The number of hydrogen-bond acceptors (Lipinski definition) is 7. The highest BCUT2D eigenvalue weighted by Gasteiger charge is 2.59. The van der Waals surface area contributed by atoms with E-state index in [-0.39, 0.29) is 6.42 Å². The number of rotatable bonds is 8. The van der Waals surface area contributed by atoms with Crippen LogP contribution >= 0.6 is 0 Å². The summed E-state index contributed by atoms with van der Waals surface area (Å²) in [5.41, 5.74) is -0.705. The topological polar surface area (TPSA) is 88.1 Å². The highest BCUT2D eigenvalue weighted by atomic mass is 16.7. The zero-order chi connectivity index (χ0) is 20.0. The first-order valence-electron chi connectivity index (χ1n) is 8.49. The van der Waals surface area contributed by atoms with E-state index < -0.39 is 35.3 Å². The average molecular weight is 368 g/mol. The predicted octanol–water partition coefficient (Wildman–Crippen LogP) is 2.34. The van der Waals surface area contributed by atoms with Crippen LogP contribution in [0.4, 0.5) is 0 Å². The molecule has 3 atom stereocenters. The summed E-state index contributed by atoms with van der Waals surface area (Å²) in [6.45, 7) is 8.61. The van der Waals surface area contributed by atoms with Gasteiger partial charge in [0.05, 0.1) is 18.6 Å². The van der Waals surface area contributed by atoms with Gasteiger partial charge in [0.2, 0.25) is 5.79 Å². The van der Waals surface area contributed by atoms with Crippen molar-refractivity contribution in [1.29, 1.82) is 0 Å². The molecule has 1 heterocycles. The highest BCUT2D eigenvalue weighted by molar-refractivity contribution is 5.83. The second kappa shape index (κ2) is 9.09. The Morgan fingerprint density at radius 3 is 2.50 bits per heavy atom.